The van der Waals surface area contributed by atoms with Crippen molar-refractivity contribution < 1.29 is 0 Å². The van der Waals surface area contributed by atoms with Crippen molar-refractivity contribution in [1.82, 2.24) is 9.97 Å². The van der Waals surface area contributed by atoms with Gasteiger partial charge in [-0.3, -0.25) is 0 Å². The minimum absolute atomic E-state index is 0.356. The van der Waals surface area contributed by atoms with Crippen LogP contribution < -0.4 is 5.32 Å². The average molecular weight is 238 g/mol. The average Bonchev–Trinajstić information content (AvgIpc) is 2.39. The molecule has 4 heteroatoms. The molecule has 18 heavy (non-hydrogen) atoms. The Balaban J connectivity index is 2.31. The van der Waals surface area contributed by atoms with Gasteiger partial charge >= 0.3 is 0 Å². The van der Waals surface area contributed by atoms with Gasteiger partial charge < -0.3 is 5.32 Å². The molecule has 4 nitrogen and oxygen atoms in total. The maximum Gasteiger partial charge on any atom is 0.228 e. The zero-order chi connectivity index (χ0) is 13.0. The summed E-state index contributed by atoms with van der Waals surface area (Å²) in [6, 6.07) is 11.6. The van der Waals surface area contributed by atoms with E-state index < -0.39 is 0 Å². The molecule has 2 aromatic rings. The number of nitrogens with zero attached hydrogens (tertiary/aromatic N) is 3. The lowest BCUT2D eigenvalue weighted by Crippen LogP contribution is -2.01. The number of aromatic nitrogens is 2. The van der Waals surface area contributed by atoms with E-state index in [2.05, 4.69) is 35.2 Å². The minimum atomic E-state index is 0.356. The van der Waals surface area contributed by atoms with Crippen LogP contribution in [0.3, 0.4) is 0 Å². The number of nitrogens with one attached hydrogen (secondary N) is 1. The molecule has 1 aromatic heterocycles. The first-order chi connectivity index (χ1) is 8.70. The smallest absolute Gasteiger partial charge is 0.228 e. The molecule has 0 unspecified atom stereocenters. The number of hydrogen-bond acceptors (Lipinski definition) is 4. The Bertz CT molecular complexity index is 584. The Morgan fingerprint density at radius 3 is 2.72 bits per heavy atom. The van der Waals surface area contributed by atoms with Crippen molar-refractivity contribution in [3.63, 3.8) is 0 Å². The number of hydrogen-bond donors (Lipinski definition) is 1. The zero-order valence-corrected chi connectivity index (χ0v) is 10.4. The molecule has 1 aromatic carbocycles. The van der Waals surface area contributed by atoms with Crippen LogP contribution in [0.1, 0.15) is 31.0 Å². The lowest BCUT2D eigenvalue weighted by molar-refractivity contribution is 0.868. The highest BCUT2D eigenvalue weighted by Crippen LogP contribution is 2.25. The fourth-order valence-electron chi connectivity index (χ4n) is 1.72. The SMILES string of the molecule is CC(C)c1ccccc1Nc1nccc(C#N)n1. The molecule has 1 heterocycles. The van der Waals surface area contributed by atoms with Crippen LogP contribution in [0.4, 0.5) is 11.6 Å². The van der Waals surface area contributed by atoms with Crippen molar-refractivity contribution >= 4 is 11.6 Å². The van der Waals surface area contributed by atoms with E-state index in [1.165, 1.54) is 5.56 Å². The van der Waals surface area contributed by atoms with Crippen molar-refractivity contribution in [2.24, 2.45) is 0 Å². The van der Waals surface area contributed by atoms with Gasteiger partial charge in [-0.25, -0.2) is 9.97 Å². The summed E-state index contributed by atoms with van der Waals surface area (Å²) < 4.78 is 0. The van der Waals surface area contributed by atoms with Gasteiger partial charge in [-0.05, 0) is 23.6 Å². The Labute approximate surface area is 106 Å². The lowest BCUT2D eigenvalue weighted by atomic mass is 10.0. The van der Waals surface area contributed by atoms with E-state index in [1.54, 1.807) is 12.3 Å². The highest BCUT2D eigenvalue weighted by Gasteiger charge is 2.07. The van der Waals surface area contributed by atoms with Crippen molar-refractivity contribution in [3.05, 3.63) is 47.8 Å². The molecule has 0 aliphatic carbocycles. The van der Waals surface area contributed by atoms with E-state index in [0.717, 1.165) is 5.69 Å². The highest BCUT2D eigenvalue weighted by molar-refractivity contribution is 5.59. The number of anilines is 2. The summed E-state index contributed by atoms with van der Waals surface area (Å²) in [5.41, 5.74) is 2.53. The van der Waals surface area contributed by atoms with Gasteiger partial charge in [0.15, 0.2) is 0 Å². The van der Waals surface area contributed by atoms with Crippen LogP contribution >= 0.6 is 0 Å². The second kappa shape index (κ2) is 5.28. The minimum Gasteiger partial charge on any atom is -0.324 e. The standard InChI is InChI=1S/C14H14N4/c1-10(2)12-5-3-4-6-13(12)18-14-16-8-7-11(9-15)17-14/h3-8,10H,1-2H3,(H,16,17,18). The van der Waals surface area contributed by atoms with E-state index in [0.29, 0.717) is 17.6 Å². The number of benzene rings is 1. The van der Waals surface area contributed by atoms with Crippen LogP contribution in [-0.4, -0.2) is 9.97 Å². The molecule has 2 rings (SSSR count). The molecule has 1 N–H and O–H groups in total. The molecule has 0 amide bonds. The highest BCUT2D eigenvalue weighted by atomic mass is 15.1. The van der Waals surface area contributed by atoms with E-state index in [1.807, 2.05) is 24.3 Å². The van der Waals surface area contributed by atoms with Gasteiger partial charge in [0, 0.05) is 11.9 Å². The quantitative estimate of drug-likeness (QED) is 0.891. The van der Waals surface area contributed by atoms with Crippen molar-refractivity contribution in [3.8, 4) is 6.07 Å². The molecule has 0 aliphatic rings. The van der Waals surface area contributed by atoms with E-state index in [4.69, 9.17) is 5.26 Å². The third-order valence-electron chi connectivity index (χ3n) is 2.60. The first-order valence-electron chi connectivity index (χ1n) is 5.80. The van der Waals surface area contributed by atoms with Gasteiger partial charge in [0.1, 0.15) is 11.8 Å². The Morgan fingerprint density at radius 2 is 2.00 bits per heavy atom. The normalized spacial score (nSPS) is 10.1. The maximum atomic E-state index is 8.80. The first-order valence-corrected chi connectivity index (χ1v) is 5.80. The molecule has 0 radical (unpaired) electrons. The largest absolute Gasteiger partial charge is 0.324 e. The topological polar surface area (TPSA) is 61.6 Å². The number of para-hydroxylation sites is 1. The van der Waals surface area contributed by atoms with Crippen LogP contribution in [0.25, 0.3) is 0 Å². The molecular weight excluding hydrogens is 224 g/mol. The summed E-state index contributed by atoms with van der Waals surface area (Å²) in [6.07, 6.45) is 1.58. The van der Waals surface area contributed by atoms with Crippen LogP contribution in [0.15, 0.2) is 36.5 Å². The van der Waals surface area contributed by atoms with Gasteiger partial charge in [0.25, 0.3) is 0 Å². The summed E-state index contributed by atoms with van der Waals surface area (Å²) >= 11 is 0. The molecule has 0 spiro atoms. The lowest BCUT2D eigenvalue weighted by Gasteiger charge is -2.13. The molecule has 0 saturated heterocycles. The number of nitriles is 1. The van der Waals surface area contributed by atoms with Gasteiger partial charge in [0.05, 0.1) is 0 Å². The molecule has 0 bridgehead atoms. The predicted molar refractivity (Wildman–Crippen MR) is 70.6 cm³/mol. The van der Waals surface area contributed by atoms with Crippen molar-refractivity contribution in [2.45, 2.75) is 19.8 Å². The van der Waals surface area contributed by atoms with Gasteiger partial charge in [-0.15, -0.1) is 0 Å². The van der Waals surface area contributed by atoms with Gasteiger partial charge in [-0.1, -0.05) is 32.0 Å². The van der Waals surface area contributed by atoms with Crippen molar-refractivity contribution in [1.29, 1.82) is 5.26 Å². The van der Waals surface area contributed by atoms with Crippen LogP contribution in [-0.2, 0) is 0 Å². The third kappa shape index (κ3) is 2.64. The Morgan fingerprint density at radius 1 is 1.22 bits per heavy atom. The van der Waals surface area contributed by atoms with Crippen LogP contribution in [0.2, 0.25) is 0 Å². The second-order valence-electron chi connectivity index (χ2n) is 4.24. The number of rotatable bonds is 3. The first kappa shape index (κ1) is 12.1. The Hall–Kier alpha value is -2.41. The van der Waals surface area contributed by atoms with Crippen molar-refractivity contribution in [2.75, 3.05) is 5.32 Å². The molecule has 0 saturated carbocycles. The fourth-order valence-corrected chi connectivity index (χ4v) is 1.72. The molecule has 90 valence electrons. The molecular formula is C14H14N4. The Kier molecular flexibility index (Phi) is 3.54. The molecule has 0 aliphatic heterocycles. The summed E-state index contributed by atoms with van der Waals surface area (Å²) in [4.78, 5) is 8.21. The third-order valence-corrected chi connectivity index (χ3v) is 2.60. The monoisotopic (exact) mass is 238 g/mol. The summed E-state index contributed by atoms with van der Waals surface area (Å²) in [5, 5.41) is 12.0. The predicted octanol–water partition coefficient (Wildman–Crippen LogP) is 3.22. The molecule has 0 fully saturated rings. The van der Waals surface area contributed by atoms with Crippen LogP contribution in [0, 0.1) is 11.3 Å². The van der Waals surface area contributed by atoms with Gasteiger partial charge in [0.2, 0.25) is 5.95 Å². The van der Waals surface area contributed by atoms with E-state index >= 15 is 0 Å². The second-order valence-corrected chi connectivity index (χ2v) is 4.24. The zero-order valence-electron chi connectivity index (χ0n) is 10.4. The fraction of sp³-hybridized carbons (Fsp3) is 0.214. The van der Waals surface area contributed by atoms with Gasteiger partial charge in [-0.2, -0.15) is 5.26 Å². The van der Waals surface area contributed by atoms with E-state index in [-0.39, 0.29) is 0 Å². The summed E-state index contributed by atoms with van der Waals surface area (Å²) in [5.74, 6) is 0.856. The van der Waals surface area contributed by atoms with Crippen LogP contribution in [0.5, 0.6) is 0 Å². The summed E-state index contributed by atoms with van der Waals surface area (Å²) in [7, 11) is 0. The summed E-state index contributed by atoms with van der Waals surface area (Å²) in [6.45, 7) is 4.26. The molecule has 0 atom stereocenters. The maximum absolute atomic E-state index is 8.80. The van der Waals surface area contributed by atoms with E-state index in [9.17, 15) is 0 Å².